The molecule has 2 aromatic rings. The molecule has 0 bridgehead atoms. The van der Waals surface area contributed by atoms with Gasteiger partial charge in [-0.3, -0.25) is 0 Å². The number of phenols is 2. The van der Waals surface area contributed by atoms with Gasteiger partial charge in [0.2, 0.25) is 0 Å². The summed E-state index contributed by atoms with van der Waals surface area (Å²) in [4.78, 5) is 11.4. The second kappa shape index (κ2) is 11.6. The van der Waals surface area contributed by atoms with Gasteiger partial charge in [0, 0.05) is 11.1 Å². The Kier molecular flexibility index (Phi) is 9.50. The topological polar surface area (TPSA) is 107 Å². The summed E-state index contributed by atoms with van der Waals surface area (Å²) in [7, 11) is 1.24. The Morgan fingerprint density at radius 1 is 0.964 bits per heavy atom. The summed E-state index contributed by atoms with van der Waals surface area (Å²) in [6, 6.07) is 8.34. The first-order chi connectivity index (χ1) is 13.4. The first kappa shape index (κ1) is 23.0. The van der Waals surface area contributed by atoms with Gasteiger partial charge in [-0.05, 0) is 48.2 Å². The van der Waals surface area contributed by atoms with Gasteiger partial charge in [-0.15, -0.1) is 13.2 Å². The molecule has 0 aliphatic heterocycles. The Balaban J connectivity index is 0.000000292. The minimum Gasteiger partial charge on any atom is -0.508 e. The number of allylic oxidation sites excluding steroid dienone is 2. The highest BCUT2D eigenvalue weighted by molar-refractivity contribution is 5.93. The predicted octanol–water partition coefficient (Wildman–Crippen LogP) is 3.01. The van der Waals surface area contributed by atoms with Crippen molar-refractivity contribution in [3.05, 3.63) is 83.5 Å². The van der Waals surface area contributed by atoms with Gasteiger partial charge in [0.1, 0.15) is 17.1 Å². The van der Waals surface area contributed by atoms with Crippen LogP contribution in [0.5, 0.6) is 11.5 Å². The van der Waals surface area contributed by atoms with Crippen molar-refractivity contribution < 1.29 is 30.0 Å². The molecule has 0 radical (unpaired) electrons. The minimum atomic E-state index is -0.627. The number of hydrogen-bond donors (Lipinski definition) is 4. The van der Waals surface area contributed by atoms with E-state index in [0.29, 0.717) is 17.5 Å². The van der Waals surface area contributed by atoms with Crippen LogP contribution in [0, 0.1) is 0 Å². The van der Waals surface area contributed by atoms with Crippen molar-refractivity contribution in [2.75, 3.05) is 7.11 Å². The lowest BCUT2D eigenvalue weighted by Crippen LogP contribution is -2.04. The molecule has 0 unspecified atom stereocenters. The number of aliphatic hydroxyl groups is 2. The molecule has 0 aliphatic rings. The summed E-state index contributed by atoms with van der Waals surface area (Å²) >= 11 is 0. The largest absolute Gasteiger partial charge is 0.508 e. The monoisotopic (exact) mass is 386 g/mol. The normalized spacial score (nSPS) is 9.82. The van der Waals surface area contributed by atoms with Crippen LogP contribution in [-0.4, -0.2) is 33.5 Å². The lowest BCUT2D eigenvalue weighted by atomic mass is 10.0. The Morgan fingerprint density at radius 3 is 2.07 bits per heavy atom. The molecule has 150 valence electrons. The molecule has 0 aromatic heterocycles. The van der Waals surface area contributed by atoms with Crippen molar-refractivity contribution in [2.45, 2.75) is 26.1 Å². The van der Waals surface area contributed by atoms with Crippen LogP contribution in [0.4, 0.5) is 0 Å². The van der Waals surface area contributed by atoms with Gasteiger partial charge < -0.3 is 25.2 Å². The summed E-state index contributed by atoms with van der Waals surface area (Å²) in [5, 5.41) is 36.8. The molecule has 0 aliphatic carbocycles. The fourth-order valence-electron chi connectivity index (χ4n) is 2.49. The molecule has 0 spiro atoms. The van der Waals surface area contributed by atoms with Gasteiger partial charge >= 0.3 is 5.97 Å². The Labute approximate surface area is 164 Å². The van der Waals surface area contributed by atoms with E-state index in [1.54, 1.807) is 30.4 Å². The summed E-state index contributed by atoms with van der Waals surface area (Å²) in [5.41, 5.74) is 2.77. The van der Waals surface area contributed by atoms with Crippen LogP contribution in [-0.2, 0) is 30.8 Å². The third-order valence-corrected chi connectivity index (χ3v) is 3.90. The molecule has 0 heterocycles. The molecule has 0 amide bonds. The van der Waals surface area contributed by atoms with Crippen LogP contribution in [0.15, 0.2) is 55.6 Å². The number of benzene rings is 2. The van der Waals surface area contributed by atoms with E-state index in [2.05, 4.69) is 17.9 Å². The number of ether oxygens (including phenoxy) is 1. The van der Waals surface area contributed by atoms with Gasteiger partial charge in [-0.1, -0.05) is 18.2 Å². The number of methoxy groups -OCH3 is 1. The number of carbonyl (C=O) groups excluding carboxylic acids is 1. The Morgan fingerprint density at radius 2 is 1.54 bits per heavy atom. The standard InChI is InChI=1S/C12H14O4.C10H12O2/c1-3-4-8-5-9(7-13)11(14)10(6-8)12(15)16-2;1-2-3-8-4-5-10(12)9(6-8)7-11/h3,5-6,13-14H,1,4,7H2,2H3;2,4-6,11-12H,1,3,7H2. The zero-order chi connectivity index (χ0) is 21.1. The fourth-order valence-corrected chi connectivity index (χ4v) is 2.49. The molecule has 0 fully saturated rings. The summed E-state index contributed by atoms with van der Waals surface area (Å²) in [5.74, 6) is -0.717. The number of hydrogen-bond acceptors (Lipinski definition) is 6. The van der Waals surface area contributed by atoms with Crippen LogP contribution >= 0.6 is 0 Å². The fraction of sp³-hybridized carbons (Fsp3) is 0.227. The van der Waals surface area contributed by atoms with E-state index in [1.807, 2.05) is 6.07 Å². The SMILES string of the molecule is C=CCc1cc(CO)c(O)c(C(=O)OC)c1.C=CCc1ccc(O)c(CO)c1. The van der Waals surface area contributed by atoms with E-state index >= 15 is 0 Å². The molecule has 2 aromatic carbocycles. The predicted molar refractivity (Wildman–Crippen MR) is 107 cm³/mol. The lowest BCUT2D eigenvalue weighted by Gasteiger charge is -2.09. The van der Waals surface area contributed by atoms with E-state index < -0.39 is 5.97 Å². The highest BCUT2D eigenvalue weighted by Gasteiger charge is 2.16. The maximum absolute atomic E-state index is 11.4. The second-order valence-electron chi connectivity index (χ2n) is 5.91. The van der Waals surface area contributed by atoms with Gasteiger partial charge in [-0.25, -0.2) is 4.79 Å². The van der Waals surface area contributed by atoms with Gasteiger partial charge in [-0.2, -0.15) is 0 Å². The number of rotatable bonds is 7. The van der Waals surface area contributed by atoms with Crippen molar-refractivity contribution in [1.82, 2.24) is 0 Å². The van der Waals surface area contributed by atoms with Crippen molar-refractivity contribution in [3.8, 4) is 11.5 Å². The van der Waals surface area contributed by atoms with E-state index in [9.17, 15) is 15.0 Å². The second-order valence-corrected chi connectivity index (χ2v) is 5.91. The smallest absolute Gasteiger partial charge is 0.341 e. The van der Waals surface area contributed by atoms with Crippen LogP contribution in [0.1, 0.15) is 32.6 Å². The van der Waals surface area contributed by atoms with E-state index in [1.165, 1.54) is 13.2 Å². The molecule has 0 atom stereocenters. The van der Waals surface area contributed by atoms with Crippen LogP contribution in [0.3, 0.4) is 0 Å². The quantitative estimate of drug-likeness (QED) is 0.430. The molecule has 0 saturated carbocycles. The zero-order valence-electron chi connectivity index (χ0n) is 15.9. The number of carbonyl (C=O) groups is 1. The average Bonchev–Trinajstić information content (AvgIpc) is 2.70. The molecular formula is C22H26O6. The highest BCUT2D eigenvalue weighted by Crippen LogP contribution is 2.26. The first-order valence-corrected chi connectivity index (χ1v) is 8.59. The molecule has 28 heavy (non-hydrogen) atoms. The van der Waals surface area contributed by atoms with E-state index in [-0.39, 0.29) is 30.3 Å². The molecular weight excluding hydrogens is 360 g/mol. The summed E-state index contributed by atoms with van der Waals surface area (Å²) < 4.78 is 4.54. The molecule has 2 rings (SSSR count). The molecule has 4 N–H and O–H groups in total. The van der Waals surface area contributed by atoms with E-state index in [4.69, 9.17) is 10.2 Å². The third kappa shape index (κ3) is 6.26. The molecule has 6 heteroatoms. The maximum Gasteiger partial charge on any atom is 0.341 e. The highest BCUT2D eigenvalue weighted by atomic mass is 16.5. The van der Waals surface area contributed by atoms with Crippen molar-refractivity contribution in [3.63, 3.8) is 0 Å². The van der Waals surface area contributed by atoms with Crippen LogP contribution < -0.4 is 0 Å². The van der Waals surface area contributed by atoms with Gasteiger partial charge in [0.05, 0.1) is 20.3 Å². The molecule has 0 saturated heterocycles. The third-order valence-electron chi connectivity index (χ3n) is 3.90. The van der Waals surface area contributed by atoms with E-state index in [0.717, 1.165) is 17.5 Å². The zero-order valence-corrected chi connectivity index (χ0v) is 15.9. The summed E-state index contributed by atoms with van der Waals surface area (Å²) in [6.45, 7) is 6.74. The van der Waals surface area contributed by atoms with Crippen LogP contribution in [0.2, 0.25) is 0 Å². The number of esters is 1. The van der Waals surface area contributed by atoms with Crippen LogP contribution in [0.25, 0.3) is 0 Å². The average molecular weight is 386 g/mol. The summed E-state index contributed by atoms with van der Waals surface area (Å²) in [6.07, 6.45) is 4.77. The van der Waals surface area contributed by atoms with Crippen molar-refractivity contribution in [2.24, 2.45) is 0 Å². The van der Waals surface area contributed by atoms with Gasteiger partial charge in [0.25, 0.3) is 0 Å². The molecule has 6 nitrogen and oxygen atoms in total. The van der Waals surface area contributed by atoms with Crippen molar-refractivity contribution >= 4 is 5.97 Å². The lowest BCUT2D eigenvalue weighted by molar-refractivity contribution is 0.0597. The number of aliphatic hydroxyl groups excluding tert-OH is 2. The Hall–Kier alpha value is -3.09. The first-order valence-electron chi connectivity index (χ1n) is 8.59. The maximum atomic E-state index is 11.4. The Bertz CT molecular complexity index is 826. The van der Waals surface area contributed by atoms with Gasteiger partial charge in [0.15, 0.2) is 0 Å². The minimum absolute atomic E-state index is 0.0610. The number of aromatic hydroxyl groups is 2. The van der Waals surface area contributed by atoms with Crippen molar-refractivity contribution in [1.29, 1.82) is 0 Å².